The van der Waals surface area contributed by atoms with E-state index in [1.54, 1.807) is 12.4 Å². The molecule has 0 spiro atoms. The van der Waals surface area contributed by atoms with Crippen LogP contribution in [0.15, 0.2) is 48.8 Å². The maximum atomic E-state index is 12.0. The van der Waals surface area contributed by atoms with Crippen molar-refractivity contribution in [3.05, 3.63) is 48.8 Å². The lowest BCUT2D eigenvalue weighted by atomic mass is 10.1. The highest BCUT2D eigenvalue weighted by atomic mass is 16.2. The Morgan fingerprint density at radius 2 is 1.73 bits per heavy atom. The number of urea groups is 1. The Bertz CT molecular complexity index is 596. The zero-order valence-corrected chi connectivity index (χ0v) is 12.3. The molecule has 3 rings (SSSR count). The molecule has 0 atom stereocenters. The molecule has 6 heteroatoms. The van der Waals surface area contributed by atoms with Crippen LogP contribution in [-0.2, 0) is 0 Å². The van der Waals surface area contributed by atoms with Crippen molar-refractivity contribution in [1.29, 1.82) is 0 Å². The van der Waals surface area contributed by atoms with Crippen molar-refractivity contribution >= 4 is 17.7 Å². The maximum Gasteiger partial charge on any atom is 0.319 e. The van der Waals surface area contributed by atoms with Crippen molar-refractivity contribution in [3.63, 3.8) is 0 Å². The van der Waals surface area contributed by atoms with E-state index >= 15 is 0 Å². The van der Waals surface area contributed by atoms with Gasteiger partial charge >= 0.3 is 6.03 Å². The number of piperidine rings is 1. The first-order valence-corrected chi connectivity index (χ1v) is 7.46. The van der Waals surface area contributed by atoms with Gasteiger partial charge in [-0.25, -0.2) is 14.8 Å². The molecule has 1 aliphatic heterocycles. The smallest absolute Gasteiger partial charge is 0.319 e. The molecule has 0 radical (unpaired) electrons. The van der Waals surface area contributed by atoms with Gasteiger partial charge in [0, 0.05) is 37.2 Å². The highest BCUT2D eigenvalue weighted by Gasteiger charge is 2.21. The number of hydrogen-bond acceptors (Lipinski definition) is 4. The van der Waals surface area contributed by atoms with E-state index in [4.69, 9.17) is 0 Å². The Kier molecular flexibility index (Phi) is 4.48. The number of rotatable bonds is 3. The summed E-state index contributed by atoms with van der Waals surface area (Å²) in [6.45, 7) is 1.70. The minimum Gasteiger partial charge on any atom is -0.341 e. The van der Waals surface area contributed by atoms with Crippen LogP contribution in [0.3, 0.4) is 0 Å². The van der Waals surface area contributed by atoms with Crippen molar-refractivity contribution < 1.29 is 4.79 Å². The van der Waals surface area contributed by atoms with Gasteiger partial charge in [-0.1, -0.05) is 18.2 Å². The van der Waals surface area contributed by atoms with Gasteiger partial charge in [0.15, 0.2) is 0 Å². The molecule has 2 amide bonds. The molecule has 0 bridgehead atoms. The number of carbonyl (C=O) groups is 1. The van der Waals surface area contributed by atoms with Gasteiger partial charge in [0.25, 0.3) is 0 Å². The fraction of sp³-hybridized carbons (Fsp3) is 0.312. The van der Waals surface area contributed by atoms with E-state index in [1.807, 2.05) is 36.4 Å². The Morgan fingerprint density at radius 1 is 1.05 bits per heavy atom. The third kappa shape index (κ3) is 3.72. The number of nitrogens with one attached hydrogen (secondary N) is 2. The van der Waals surface area contributed by atoms with Gasteiger partial charge < -0.3 is 15.5 Å². The number of carbonyl (C=O) groups excluding carboxylic acids is 1. The standard InChI is InChI=1S/C16H19N5O/c22-16(19-13-5-2-1-3-6-13)20-14-7-11-21(12-8-14)15-17-9-4-10-18-15/h1-6,9-10,14H,7-8,11-12H2,(H2,19,20,22). The summed E-state index contributed by atoms with van der Waals surface area (Å²) in [5.74, 6) is 0.759. The van der Waals surface area contributed by atoms with E-state index in [9.17, 15) is 4.79 Å². The zero-order valence-electron chi connectivity index (χ0n) is 12.3. The van der Waals surface area contributed by atoms with Gasteiger partial charge in [-0.3, -0.25) is 0 Å². The minimum absolute atomic E-state index is 0.152. The van der Waals surface area contributed by atoms with Crippen LogP contribution < -0.4 is 15.5 Å². The molecule has 1 aromatic carbocycles. The summed E-state index contributed by atoms with van der Waals surface area (Å²) in [7, 11) is 0. The van der Waals surface area contributed by atoms with Gasteiger partial charge in [0.05, 0.1) is 0 Å². The van der Waals surface area contributed by atoms with Crippen LogP contribution in [0.1, 0.15) is 12.8 Å². The van der Waals surface area contributed by atoms with Crippen LogP contribution in [0.4, 0.5) is 16.4 Å². The largest absolute Gasteiger partial charge is 0.341 e. The molecule has 1 fully saturated rings. The summed E-state index contributed by atoms with van der Waals surface area (Å²) in [4.78, 5) is 22.6. The lowest BCUT2D eigenvalue weighted by Crippen LogP contribution is -2.46. The molecular formula is C16H19N5O. The third-order valence-electron chi connectivity index (χ3n) is 3.70. The van der Waals surface area contributed by atoms with Crippen LogP contribution in [0.5, 0.6) is 0 Å². The van der Waals surface area contributed by atoms with Crippen LogP contribution in [0, 0.1) is 0 Å². The van der Waals surface area contributed by atoms with E-state index in [2.05, 4.69) is 25.5 Å². The van der Waals surface area contributed by atoms with Crippen molar-refractivity contribution in [2.24, 2.45) is 0 Å². The van der Waals surface area contributed by atoms with Crippen LogP contribution in [0.2, 0.25) is 0 Å². The topological polar surface area (TPSA) is 70.2 Å². The summed E-state index contributed by atoms with van der Waals surface area (Å²) < 4.78 is 0. The zero-order chi connectivity index (χ0) is 15.2. The Balaban J connectivity index is 1.47. The van der Waals surface area contributed by atoms with Crippen molar-refractivity contribution in [2.75, 3.05) is 23.3 Å². The maximum absolute atomic E-state index is 12.0. The van der Waals surface area contributed by atoms with Crippen LogP contribution in [0.25, 0.3) is 0 Å². The molecule has 1 saturated heterocycles. The summed E-state index contributed by atoms with van der Waals surface area (Å²) in [6.07, 6.45) is 5.28. The van der Waals surface area contributed by atoms with Gasteiger partial charge in [-0.2, -0.15) is 0 Å². The molecule has 0 saturated carbocycles. The predicted octanol–water partition coefficient (Wildman–Crippen LogP) is 2.27. The molecule has 114 valence electrons. The Hall–Kier alpha value is -2.63. The Labute approximate surface area is 129 Å². The molecular weight excluding hydrogens is 278 g/mol. The van der Waals surface area contributed by atoms with Gasteiger partial charge in [-0.15, -0.1) is 0 Å². The highest BCUT2D eigenvalue weighted by molar-refractivity contribution is 5.89. The molecule has 2 N–H and O–H groups in total. The number of benzene rings is 1. The normalized spacial score (nSPS) is 15.4. The summed E-state index contributed by atoms with van der Waals surface area (Å²) in [6, 6.07) is 11.3. The number of nitrogens with zero attached hydrogens (tertiary/aromatic N) is 3. The lowest BCUT2D eigenvalue weighted by Gasteiger charge is -2.32. The van der Waals surface area contributed by atoms with Gasteiger partial charge in [-0.05, 0) is 31.0 Å². The van der Waals surface area contributed by atoms with E-state index in [0.29, 0.717) is 0 Å². The lowest BCUT2D eigenvalue weighted by molar-refractivity contribution is 0.246. The number of aromatic nitrogens is 2. The summed E-state index contributed by atoms with van der Waals surface area (Å²) in [5.41, 5.74) is 0.801. The van der Waals surface area contributed by atoms with Gasteiger partial charge in [0.1, 0.15) is 0 Å². The summed E-state index contributed by atoms with van der Waals surface area (Å²) >= 11 is 0. The van der Waals surface area contributed by atoms with E-state index in [1.165, 1.54) is 0 Å². The first-order valence-electron chi connectivity index (χ1n) is 7.46. The fourth-order valence-electron chi connectivity index (χ4n) is 2.55. The number of amides is 2. The molecule has 0 unspecified atom stereocenters. The first kappa shape index (κ1) is 14.3. The molecule has 2 heterocycles. The second kappa shape index (κ2) is 6.89. The first-order chi connectivity index (χ1) is 10.8. The van der Waals surface area contributed by atoms with E-state index in [0.717, 1.165) is 37.6 Å². The monoisotopic (exact) mass is 297 g/mol. The second-order valence-corrected chi connectivity index (χ2v) is 5.27. The number of hydrogen-bond donors (Lipinski definition) is 2. The second-order valence-electron chi connectivity index (χ2n) is 5.27. The minimum atomic E-state index is -0.152. The number of anilines is 2. The van der Waals surface area contributed by atoms with Crippen molar-refractivity contribution in [3.8, 4) is 0 Å². The average Bonchev–Trinajstić information content (AvgIpc) is 2.57. The Morgan fingerprint density at radius 3 is 2.41 bits per heavy atom. The van der Waals surface area contributed by atoms with Crippen LogP contribution in [-0.4, -0.2) is 35.1 Å². The molecule has 2 aromatic rings. The molecule has 1 aliphatic rings. The molecule has 0 aliphatic carbocycles. The fourth-order valence-corrected chi connectivity index (χ4v) is 2.55. The van der Waals surface area contributed by atoms with E-state index in [-0.39, 0.29) is 12.1 Å². The molecule has 6 nitrogen and oxygen atoms in total. The van der Waals surface area contributed by atoms with Crippen molar-refractivity contribution in [2.45, 2.75) is 18.9 Å². The van der Waals surface area contributed by atoms with Crippen molar-refractivity contribution in [1.82, 2.24) is 15.3 Å². The predicted molar refractivity (Wildman–Crippen MR) is 85.9 cm³/mol. The molecule has 1 aromatic heterocycles. The van der Waals surface area contributed by atoms with Crippen LogP contribution >= 0.6 is 0 Å². The third-order valence-corrected chi connectivity index (χ3v) is 3.70. The number of para-hydroxylation sites is 1. The van der Waals surface area contributed by atoms with E-state index < -0.39 is 0 Å². The summed E-state index contributed by atoms with van der Waals surface area (Å²) in [5, 5.41) is 5.87. The van der Waals surface area contributed by atoms with Gasteiger partial charge in [0.2, 0.25) is 5.95 Å². The molecule has 22 heavy (non-hydrogen) atoms. The average molecular weight is 297 g/mol. The SMILES string of the molecule is O=C(Nc1ccccc1)NC1CCN(c2ncccn2)CC1. The highest BCUT2D eigenvalue weighted by Crippen LogP contribution is 2.15. The quantitative estimate of drug-likeness (QED) is 0.911.